The highest BCUT2D eigenvalue weighted by atomic mass is 32.1. The number of nitrogens with one attached hydrogen (secondary N) is 2. The van der Waals surface area contributed by atoms with Crippen molar-refractivity contribution in [3.8, 4) is 0 Å². The molecule has 1 fully saturated rings. The predicted molar refractivity (Wildman–Crippen MR) is 69.0 cm³/mol. The van der Waals surface area contributed by atoms with Crippen molar-refractivity contribution in [3.63, 3.8) is 0 Å². The maximum atomic E-state index is 12.2. The summed E-state index contributed by atoms with van der Waals surface area (Å²) in [6.45, 7) is 4.54. The molecule has 2 rings (SSSR count). The fourth-order valence-corrected chi connectivity index (χ4v) is 2.87. The topological polar surface area (TPSA) is 54.0 Å². The van der Waals surface area contributed by atoms with Crippen molar-refractivity contribution in [1.82, 2.24) is 15.6 Å². The largest absolute Gasteiger partial charge is 0.355 e. The molecule has 0 bridgehead atoms. The Bertz CT molecular complexity index is 358. The summed E-state index contributed by atoms with van der Waals surface area (Å²) >= 11 is 1.64. The van der Waals surface area contributed by atoms with Gasteiger partial charge in [0.05, 0.1) is 10.4 Å². The molecule has 1 aromatic rings. The number of carbonyl (C=O) groups excluding carboxylic acids is 1. The van der Waals surface area contributed by atoms with Crippen molar-refractivity contribution in [2.45, 2.75) is 26.2 Å². The summed E-state index contributed by atoms with van der Waals surface area (Å²) in [5, 5.41) is 9.37. The van der Waals surface area contributed by atoms with Crippen molar-refractivity contribution in [2.75, 3.05) is 19.6 Å². The summed E-state index contributed by atoms with van der Waals surface area (Å²) < 4.78 is 0. The molecule has 1 aliphatic heterocycles. The zero-order valence-corrected chi connectivity index (χ0v) is 11.0. The van der Waals surface area contributed by atoms with Crippen molar-refractivity contribution >= 4 is 17.2 Å². The smallest absolute Gasteiger partial charge is 0.227 e. The van der Waals surface area contributed by atoms with Gasteiger partial charge in [-0.3, -0.25) is 4.79 Å². The average Bonchev–Trinajstić information content (AvgIpc) is 3.00. The van der Waals surface area contributed by atoms with E-state index in [0.29, 0.717) is 6.54 Å². The lowest BCUT2D eigenvalue weighted by molar-refractivity contribution is -0.130. The van der Waals surface area contributed by atoms with Crippen LogP contribution in [0, 0.1) is 5.41 Å². The van der Waals surface area contributed by atoms with Crippen LogP contribution in [0.25, 0.3) is 0 Å². The summed E-state index contributed by atoms with van der Waals surface area (Å²) in [5.41, 5.74) is -0.178. The Morgan fingerprint density at radius 1 is 1.71 bits per heavy atom. The first-order valence-electron chi connectivity index (χ1n) is 6.14. The minimum absolute atomic E-state index is 0.178. The second kappa shape index (κ2) is 5.60. The predicted octanol–water partition coefficient (Wildman–Crippen LogP) is 1.19. The number of carbonyl (C=O) groups is 1. The highest BCUT2D eigenvalue weighted by molar-refractivity contribution is 7.09. The Morgan fingerprint density at radius 2 is 2.59 bits per heavy atom. The molecule has 1 atom stereocenters. The molecular weight excluding hydrogens is 234 g/mol. The molecule has 5 heteroatoms. The monoisotopic (exact) mass is 253 g/mol. The molecule has 2 N–H and O–H groups in total. The number of hydrogen-bond acceptors (Lipinski definition) is 4. The van der Waals surface area contributed by atoms with Crippen LogP contribution in [-0.4, -0.2) is 30.5 Å². The van der Waals surface area contributed by atoms with Gasteiger partial charge in [0, 0.05) is 31.1 Å². The first-order chi connectivity index (χ1) is 8.27. The van der Waals surface area contributed by atoms with Crippen LogP contribution in [0.4, 0.5) is 0 Å². The second-order valence-electron chi connectivity index (χ2n) is 4.49. The van der Waals surface area contributed by atoms with Gasteiger partial charge >= 0.3 is 0 Å². The molecule has 4 nitrogen and oxygen atoms in total. The molecular formula is C12H19N3OS. The first kappa shape index (κ1) is 12.5. The highest BCUT2D eigenvalue weighted by Crippen LogP contribution is 2.29. The number of rotatable bonds is 5. The number of nitrogens with zero attached hydrogens (tertiary/aromatic N) is 1. The summed E-state index contributed by atoms with van der Waals surface area (Å²) in [5.74, 6) is 0.196. The number of hydrogen-bond donors (Lipinski definition) is 2. The maximum absolute atomic E-state index is 12.2. The molecule has 94 valence electrons. The lowest BCUT2D eigenvalue weighted by atomic mass is 9.83. The molecule has 1 saturated heterocycles. The molecule has 17 heavy (non-hydrogen) atoms. The van der Waals surface area contributed by atoms with Crippen LogP contribution in [0.2, 0.25) is 0 Å². The molecule has 0 saturated carbocycles. The Hall–Kier alpha value is -0.940. The van der Waals surface area contributed by atoms with Gasteiger partial charge in [-0.05, 0) is 19.4 Å². The minimum atomic E-state index is -0.178. The second-order valence-corrected chi connectivity index (χ2v) is 5.47. The van der Waals surface area contributed by atoms with E-state index in [-0.39, 0.29) is 11.3 Å². The van der Waals surface area contributed by atoms with Gasteiger partial charge < -0.3 is 10.6 Å². The van der Waals surface area contributed by atoms with E-state index in [2.05, 4.69) is 22.5 Å². The molecule has 0 aliphatic carbocycles. The van der Waals surface area contributed by atoms with Gasteiger partial charge in [0.1, 0.15) is 0 Å². The zero-order chi connectivity index (χ0) is 12.1. The van der Waals surface area contributed by atoms with Gasteiger partial charge in [0.2, 0.25) is 5.91 Å². The molecule has 0 radical (unpaired) electrons. The molecule has 0 spiro atoms. The molecule has 1 aromatic heterocycles. The van der Waals surface area contributed by atoms with Gasteiger partial charge in [0.15, 0.2) is 0 Å². The summed E-state index contributed by atoms with van der Waals surface area (Å²) in [6.07, 6.45) is 4.49. The van der Waals surface area contributed by atoms with Crippen LogP contribution < -0.4 is 10.6 Å². The number of amides is 1. The van der Waals surface area contributed by atoms with Crippen LogP contribution in [0.15, 0.2) is 11.6 Å². The van der Waals surface area contributed by atoms with Crippen LogP contribution in [0.5, 0.6) is 0 Å². The van der Waals surface area contributed by atoms with E-state index in [0.717, 1.165) is 37.4 Å². The SMILES string of the molecule is CCC1(C(=O)NCCc2nccs2)CCNC1. The summed E-state index contributed by atoms with van der Waals surface area (Å²) in [7, 11) is 0. The van der Waals surface area contributed by atoms with Crippen LogP contribution in [0.3, 0.4) is 0 Å². The molecule has 1 unspecified atom stereocenters. The third-order valence-corrected chi connectivity index (χ3v) is 4.35. The Kier molecular flexibility index (Phi) is 4.12. The summed E-state index contributed by atoms with van der Waals surface area (Å²) in [6, 6.07) is 0. The van der Waals surface area contributed by atoms with E-state index >= 15 is 0 Å². The van der Waals surface area contributed by atoms with Gasteiger partial charge in [-0.1, -0.05) is 6.92 Å². The number of aromatic nitrogens is 1. The van der Waals surface area contributed by atoms with E-state index in [1.165, 1.54) is 0 Å². The first-order valence-corrected chi connectivity index (χ1v) is 7.02. The average molecular weight is 253 g/mol. The molecule has 2 heterocycles. The van der Waals surface area contributed by atoms with Crippen LogP contribution in [-0.2, 0) is 11.2 Å². The normalized spacial score (nSPS) is 23.8. The van der Waals surface area contributed by atoms with Crippen molar-refractivity contribution in [3.05, 3.63) is 16.6 Å². The number of thiazole rings is 1. The standard InChI is InChI=1S/C12H19N3OS/c1-2-12(4-6-13-9-12)11(16)15-5-3-10-14-7-8-17-10/h7-8,13H,2-6,9H2,1H3,(H,15,16). The fraction of sp³-hybridized carbons (Fsp3) is 0.667. The quantitative estimate of drug-likeness (QED) is 0.829. The Labute approximate surface area is 106 Å². The Morgan fingerprint density at radius 3 is 3.18 bits per heavy atom. The van der Waals surface area contributed by atoms with Gasteiger partial charge in [-0.25, -0.2) is 4.98 Å². The van der Waals surface area contributed by atoms with Crippen molar-refractivity contribution in [1.29, 1.82) is 0 Å². The molecule has 0 aromatic carbocycles. The summed E-state index contributed by atoms with van der Waals surface area (Å²) in [4.78, 5) is 16.4. The minimum Gasteiger partial charge on any atom is -0.355 e. The maximum Gasteiger partial charge on any atom is 0.227 e. The van der Waals surface area contributed by atoms with Crippen LogP contribution in [0.1, 0.15) is 24.8 Å². The van der Waals surface area contributed by atoms with Gasteiger partial charge in [0.25, 0.3) is 0 Å². The van der Waals surface area contributed by atoms with E-state index in [1.807, 2.05) is 5.38 Å². The Balaban J connectivity index is 1.80. The van der Waals surface area contributed by atoms with Crippen LogP contribution >= 0.6 is 11.3 Å². The third-order valence-electron chi connectivity index (χ3n) is 3.51. The van der Waals surface area contributed by atoms with E-state index < -0.39 is 0 Å². The van der Waals surface area contributed by atoms with Gasteiger partial charge in [-0.2, -0.15) is 0 Å². The van der Waals surface area contributed by atoms with Gasteiger partial charge in [-0.15, -0.1) is 11.3 Å². The van der Waals surface area contributed by atoms with Crippen molar-refractivity contribution < 1.29 is 4.79 Å². The van der Waals surface area contributed by atoms with Crippen molar-refractivity contribution in [2.24, 2.45) is 5.41 Å². The van der Waals surface area contributed by atoms with E-state index in [4.69, 9.17) is 0 Å². The molecule has 1 aliphatic rings. The zero-order valence-electron chi connectivity index (χ0n) is 10.2. The molecule has 1 amide bonds. The fourth-order valence-electron chi connectivity index (χ4n) is 2.25. The van der Waals surface area contributed by atoms with E-state index in [9.17, 15) is 4.79 Å². The van der Waals surface area contributed by atoms with E-state index in [1.54, 1.807) is 17.5 Å². The lowest BCUT2D eigenvalue weighted by Gasteiger charge is -2.25. The lowest BCUT2D eigenvalue weighted by Crippen LogP contribution is -2.42. The highest BCUT2D eigenvalue weighted by Gasteiger charge is 2.38. The third kappa shape index (κ3) is 2.84.